The zero-order valence-electron chi connectivity index (χ0n) is 14.7. The lowest BCUT2D eigenvalue weighted by molar-refractivity contribution is 0.584. The van der Waals surface area contributed by atoms with Gasteiger partial charge in [0.05, 0.1) is 27.5 Å². The molecule has 144 valence electrons. The van der Waals surface area contributed by atoms with E-state index in [0.29, 0.717) is 17.8 Å². The molecule has 4 rings (SSSR count). The average Bonchev–Trinajstić information content (AvgIpc) is 3.03. The number of rotatable bonds is 3. The molecule has 0 saturated heterocycles. The lowest BCUT2D eigenvalue weighted by Gasteiger charge is -2.24. The number of halogens is 2. The number of para-hydroxylation sites is 1. The van der Waals surface area contributed by atoms with Crippen LogP contribution in [0.3, 0.4) is 0 Å². The van der Waals surface area contributed by atoms with Crippen LogP contribution < -0.4 is 9.86 Å². The maximum Gasteiger partial charge on any atom is 0.291 e. The third-order valence-corrected chi connectivity index (χ3v) is 7.35. The second-order valence-corrected chi connectivity index (χ2v) is 9.10. The molecule has 2 aromatic carbocycles. The minimum Gasteiger partial charge on any atom is -0.266 e. The molecule has 1 atom stereocenters. The lowest BCUT2D eigenvalue weighted by Crippen LogP contribution is -2.35. The van der Waals surface area contributed by atoms with Crippen LogP contribution in [0.25, 0.3) is 5.69 Å². The third-order valence-electron chi connectivity index (χ3n) is 4.66. The summed E-state index contributed by atoms with van der Waals surface area (Å²) >= 11 is 11.7. The Hall–Kier alpha value is -2.35. The van der Waals surface area contributed by atoms with Crippen molar-refractivity contribution in [1.82, 2.24) is 9.78 Å². The summed E-state index contributed by atoms with van der Waals surface area (Å²) in [6.45, 7) is 1.88. The molecule has 28 heavy (non-hydrogen) atoms. The summed E-state index contributed by atoms with van der Waals surface area (Å²) in [6, 6.07) is 13.2. The van der Waals surface area contributed by atoms with E-state index in [9.17, 15) is 13.2 Å². The van der Waals surface area contributed by atoms with Gasteiger partial charge in [-0.15, -0.1) is 0 Å². The molecular formula is C19H15Cl2N3O3S. The highest BCUT2D eigenvalue weighted by Gasteiger charge is 2.35. The fourth-order valence-corrected chi connectivity index (χ4v) is 5.32. The molecule has 0 aliphatic carbocycles. The molecule has 2 heterocycles. The minimum atomic E-state index is -3.75. The van der Waals surface area contributed by atoms with E-state index in [1.807, 2.05) is 31.2 Å². The summed E-state index contributed by atoms with van der Waals surface area (Å²) in [5.74, 6) is 0. The quantitative estimate of drug-likeness (QED) is 0.628. The van der Waals surface area contributed by atoms with Gasteiger partial charge in [0, 0.05) is 6.04 Å². The van der Waals surface area contributed by atoms with Gasteiger partial charge in [-0.2, -0.15) is 9.78 Å². The van der Waals surface area contributed by atoms with Crippen LogP contribution in [0.15, 0.2) is 64.4 Å². The van der Waals surface area contributed by atoms with Crippen LogP contribution in [0.2, 0.25) is 10.0 Å². The highest BCUT2D eigenvalue weighted by Crippen LogP contribution is 2.36. The fourth-order valence-electron chi connectivity index (χ4n) is 3.37. The Balaban J connectivity index is 1.73. The van der Waals surface area contributed by atoms with Crippen molar-refractivity contribution >= 4 is 38.9 Å². The summed E-state index contributed by atoms with van der Waals surface area (Å²) in [6.07, 6.45) is 1.93. The smallest absolute Gasteiger partial charge is 0.266 e. The molecule has 6 nitrogen and oxygen atoms in total. The third kappa shape index (κ3) is 2.99. The number of hydrogen-bond donors (Lipinski definition) is 0. The Labute approximate surface area is 172 Å². The number of anilines is 1. The van der Waals surface area contributed by atoms with Crippen molar-refractivity contribution in [2.24, 2.45) is 0 Å². The van der Waals surface area contributed by atoms with Crippen LogP contribution in [-0.4, -0.2) is 24.2 Å². The van der Waals surface area contributed by atoms with Gasteiger partial charge in [0.1, 0.15) is 5.02 Å². The maximum absolute atomic E-state index is 13.2. The van der Waals surface area contributed by atoms with E-state index < -0.39 is 15.6 Å². The molecule has 1 aliphatic rings. The summed E-state index contributed by atoms with van der Waals surface area (Å²) < 4.78 is 29.0. The highest BCUT2D eigenvalue weighted by atomic mass is 35.5. The Morgan fingerprint density at radius 1 is 1.07 bits per heavy atom. The van der Waals surface area contributed by atoms with Crippen molar-refractivity contribution in [3.8, 4) is 5.69 Å². The van der Waals surface area contributed by atoms with Crippen molar-refractivity contribution in [2.45, 2.75) is 24.3 Å². The van der Waals surface area contributed by atoms with E-state index >= 15 is 0 Å². The molecule has 1 aromatic heterocycles. The number of nitrogens with zero attached hydrogens (tertiary/aromatic N) is 3. The maximum atomic E-state index is 13.2. The fraction of sp³-hybridized carbons (Fsp3) is 0.158. The number of benzene rings is 2. The molecule has 0 spiro atoms. The Morgan fingerprint density at radius 3 is 2.46 bits per heavy atom. The van der Waals surface area contributed by atoms with E-state index in [-0.39, 0.29) is 21.0 Å². The Bertz CT molecular complexity index is 1220. The molecular weight excluding hydrogens is 421 g/mol. The Morgan fingerprint density at radius 2 is 1.75 bits per heavy atom. The van der Waals surface area contributed by atoms with Gasteiger partial charge in [-0.3, -0.25) is 9.10 Å². The second-order valence-electron chi connectivity index (χ2n) is 6.50. The zero-order chi connectivity index (χ0) is 20.1. The van der Waals surface area contributed by atoms with Crippen molar-refractivity contribution in [3.05, 3.63) is 80.7 Å². The highest BCUT2D eigenvalue weighted by molar-refractivity contribution is 7.92. The first-order valence-electron chi connectivity index (χ1n) is 8.47. The van der Waals surface area contributed by atoms with E-state index in [4.69, 9.17) is 23.2 Å². The molecule has 3 aromatic rings. The van der Waals surface area contributed by atoms with E-state index in [0.717, 1.165) is 10.2 Å². The topological polar surface area (TPSA) is 72.3 Å². The summed E-state index contributed by atoms with van der Waals surface area (Å²) in [5.41, 5.74) is 1.51. The largest absolute Gasteiger partial charge is 0.291 e. The number of fused-ring (bicyclic) bond motifs is 1. The van der Waals surface area contributed by atoms with Gasteiger partial charge in [0.25, 0.3) is 15.6 Å². The molecule has 0 fully saturated rings. The van der Waals surface area contributed by atoms with Crippen LogP contribution in [-0.2, 0) is 16.4 Å². The molecule has 0 N–H and O–H groups in total. The summed E-state index contributed by atoms with van der Waals surface area (Å²) in [7, 11) is -3.75. The van der Waals surface area contributed by atoms with Gasteiger partial charge in [0.15, 0.2) is 0 Å². The number of hydrogen-bond acceptors (Lipinski definition) is 4. The van der Waals surface area contributed by atoms with Gasteiger partial charge in [0.2, 0.25) is 0 Å². The lowest BCUT2D eigenvalue weighted by atomic mass is 10.1. The predicted octanol–water partition coefficient (Wildman–Crippen LogP) is 3.68. The summed E-state index contributed by atoms with van der Waals surface area (Å²) in [5, 5.41) is 3.86. The monoisotopic (exact) mass is 435 g/mol. The molecule has 9 heteroatoms. The van der Waals surface area contributed by atoms with E-state index in [2.05, 4.69) is 5.10 Å². The van der Waals surface area contributed by atoms with Gasteiger partial charge in [-0.25, -0.2) is 8.42 Å². The number of aromatic nitrogens is 2. The van der Waals surface area contributed by atoms with Crippen LogP contribution in [0.1, 0.15) is 12.5 Å². The summed E-state index contributed by atoms with van der Waals surface area (Å²) in [4.78, 5) is 12.4. The Kier molecular flexibility index (Phi) is 4.69. The second kappa shape index (κ2) is 6.92. The normalized spacial score (nSPS) is 16.2. The van der Waals surface area contributed by atoms with Crippen LogP contribution >= 0.6 is 23.2 Å². The number of sulfonamides is 1. The van der Waals surface area contributed by atoms with Gasteiger partial charge < -0.3 is 0 Å². The van der Waals surface area contributed by atoms with Crippen LogP contribution in [0, 0.1) is 0 Å². The van der Waals surface area contributed by atoms with Gasteiger partial charge in [-0.1, -0.05) is 41.4 Å². The van der Waals surface area contributed by atoms with Crippen LogP contribution in [0.5, 0.6) is 0 Å². The molecule has 1 unspecified atom stereocenters. The first-order chi connectivity index (χ1) is 13.3. The van der Waals surface area contributed by atoms with E-state index in [1.54, 1.807) is 0 Å². The van der Waals surface area contributed by atoms with Crippen LogP contribution in [0.4, 0.5) is 5.69 Å². The van der Waals surface area contributed by atoms with Crippen molar-refractivity contribution in [3.63, 3.8) is 0 Å². The SMILES string of the molecule is CC1Cc2ccccc2N1S(=O)(=O)c1ccc(-n2ncc(Cl)c(Cl)c2=O)cc1. The standard InChI is InChI=1S/C19H15Cl2N3O3S/c1-12-10-13-4-2-3-5-17(13)24(12)28(26,27)15-8-6-14(7-9-15)23-19(25)18(21)16(20)11-22-23/h2-9,11-12H,10H2,1H3. The van der Waals surface area contributed by atoms with E-state index in [1.165, 1.54) is 34.8 Å². The van der Waals surface area contributed by atoms with Crippen molar-refractivity contribution in [1.29, 1.82) is 0 Å². The van der Waals surface area contributed by atoms with Gasteiger partial charge >= 0.3 is 0 Å². The first-order valence-corrected chi connectivity index (χ1v) is 10.7. The molecule has 0 saturated carbocycles. The van der Waals surface area contributed by atoms with Gasteiger partial charge in [-0.05, 0) is 49.2 Å². The molecule has 0 amide bonds. The average molecular weight is 436 g/mol. The predicted molar refractivity (Wildman–Crippen MR) is 109 cm³/mol. The molecule has 0 radical (unpaired) electrons. The zero-order valence-corrected chi connectivity index (χ0v) is 17.0. The first kappa shape index (κ1) is 19.0. The van der Waals surface area contributed by atoms with Crippen molar-refractivity contribution < 1.29 is 8.42 Å². The molecule has 0 bridgehead atoms. The molecule has 1 aliphatic heterocycles. The minimum absolute atomic E-state index is 0.0591. The van der Waals surface area contributed by atoms with Crippen molar-refractivity contribution in [2.75, 3.05) is 4.31 Å².